The normalized spacial score (nSPS) is 22.2. The third-order valence-electron chi connectivity index (χ3n) is 3.12. The van der Waals surface area contributed by atoms with Crippen molar-refractivity contribution in [1.82, 2.24) is 0 Å². The van der Waals surface area contributed by atoms with Gasteiger partial charge in [-0.2, -0.15) is 0 Å². The van der Waals surface area contributed by atoms with Gasteiger partial charge in [-0.3, -0.25) is 4.79 Å². The summed E-state index contributed by atoms with van der Waals surface area (Å²) in [5.41, 5.74) is 0.330. The van der Waals surface area contributed by atoms with Gasteiger partial charge in [-0.25, -0.2) is 4.79 Å². The first-order valence-corrected chi connectivity index (χ1v) is 6.73. The smallest absolute Gasteiger partial charge is 0.337 e. The number of anilines is 1. The molecule has 6 heteroatoms. The second-order valence-corrected chi connectivity index (χ2v) is 5.46. The molecule has 2 atom stereocenters. The number of ether oxygens (including phenoxy) is 1. The summed E-state index contributed by atoms with van der Waals surface area (Å²) >= 11 is 3.21. The van der Waals surface area contributed by atoms with E-state index in [0.717, 1.165) is 6.42 Å². The monoisotopic (exact) mass is 327 g/mol. The van der Waals surface area contributed by atoms with Crippen LogP contribution in [0, 0.1) is 5.92 Å². The minimum Gasteiger partial charge on any atom is -0.478 e. The minimum atomic E-state index is -1.09. The van der Waals surface area contributed by atoms with Crippen LogP contribution in [0.15, 0.2) is 22.7 Å². The van der Waals surface area contributed by atoms with Gasteiger partial charge in [0.1, 0.15) is 6.10 Å². The van der Waals surface area contributed by atoms with Crippen LogP contribution < -0.4 is 5.32 Å². The van der Waals surface area contributed by atoms with E-state index in [0.29, 0.717) is 11.1 Å². The van der Waals surface area contributed by atoms with Crippen molar-refractivity contribution in [3.8, 4) is 0 Å². The van der Waals surface area contributed by atoms with Gasteiger partial charge in [-0.15, -0.1) is 0 Å². The molecule has 1 saturated heterocycles. The Labute approximate surface area is 119 Å². The maximum atomic E-state index is 12.0. The number of amides is 1. The Morgan fingerprint density at radius 2 is 2.21 bits per heavy atom. The van der Waals surface area contributed by atoms with Crippen molar-refractivity contribution < 1.29 is 19.4 Å². The molecule has 1 aliphatic rings. The number of halogens is 1. The third kappa shape index (κ3) is 3.13. The van der Waals surface area contributed by atoms with Gasteiger partial charge in [0.2, 0.25) is 0 Å². The number of carboxylic acid groups (broad SMARTS) is 1. The molecule has 0 aliphatic carbocycles. The van der Waals surface area contributed by atoms with Gasteiger partial charge in [0.15, 0.2) is 0 Å². The summed E-state index contributed by atoms with van der Waals surface area (Å²) in [6, 6.07) is 4.70. The molecule has 0 spiro atoms. The van der Waals surface area contributed by atoms with Crippen LogP contribution >= 0.6 is 15.9 Å². The van der Waals surface area contributed by atoms with E-state index in [2.05, 4.69) is 21.2 Å². The van der Waals surface area contributed by atoms with Gasteiger partial charge < -0.3 is 15.2 Å². The first-order chi connectivity index (χ1) is 8.99. The Morgan fingerprint density at radius 3 is 2.79 bits per heavy atom. The molecule has 1 aromatic rings. The Hall–Kier alpha value is -1.40. The third-order valence-corrected chi connectivity index (χ3v) is 3.61. The summed E-state index contributed by atoms with van der Waals surface area (Å²) in [6.07, 6.45) is 0.329. The first-order valence-electron chi connectivity index (χ1n) is 5.94. The van der Waals surface area contributed by atoms with Crippen LogP contribution in [0.2, 0.25) is 0 Å². The lowest BCUT2D eigenvalue weighted by atomic mass is 10.0. The van der Waals surface area contributed by atoms with Crippen LogP contribution in [0.5, 0.6) is 0 Å². The van der Waals surface area contributed by atoms with E-state index in [-0.39, 0.29) is 23.1 Å². The molecule has 19 heavy (non-hydrogen) atoms. The quantitative estimate of drug-likeness (QED) is 0.894. The Kier molecular flexibility index (Phi) is 4.21. The van der Waals surface area contributed by atoms with Gasteiger partial charge in [-0.1, -0.05) is 22.9 Å². The summed E-state index contributed by atoms with van der Waals surface area (Å²) < 4.78 is 6.00. The van der Waals surface area contributed by atoms with E-state index in [9.17, 15) is 9.59 Å². The highest BCUT2D eigenvalue weighted by Gasteiger charge is 2.31. The van der Waals surface area contributed by atoms with Crippen LogP contribution in [0.3, 0.4) is 0 Å². The maximum absolute atomic E-state index is 12.0. The Bertz CT molecular complexity index is 517. The fourth-order valence-corrected chi connectivity index (χ4v) is 2.40. The molecular weight excluding hydrogens is 314 g/mol. The predicted molar refractivity (Wildman–Crippen MR) is 73.3 cm³/mol. The number of hydrogen-bond donors (Lipinski definition) is 2. The molecule has 1 aromatic carbocycles. The van der Waals surface area contributed by atoms with Crippen molar-refractivity contribution in [2.24, 2.45) is 5.92 Å². The molecule has 0 bridgehead atoms. The Balaban J connectivity index is 2.19. The van der Waals surface area contributed by atoms with Crippen molar-refractivity contribution in [2.75, 3.05) is 11.9 Å². The van der Waals surface area contributed by atoms with Gasteiger partial charge in [0.25, 0.3) is 5.91 Å². The van der Waals surface area contributed by atoms with E-state index < -0.39 is 12.1 Å². The fraction of sp³-hybridized carbons (Fsp3) is 0.385. The number of carbonyl (C=O) groups is 2. The number of nitrogens with one attached hydrogen (secondary N) is 1. The van der Waals surface area contributed by atoms with Crippen LogP contribution in [0.1, 0.15) is 23.7 Å². The van der Waals surface area contributed by atoms with Gasteiger partial charge >= 0.3 is 5.97 Å². The van der Waals surface area contributed by atoms with Crippen LogP contribution in [-0.2, 0) is 9.53 Å². The van der Waals surface area contributed by atoms with Crippen molar-refractivity contribution in [2.45, 2.75) is 19.4 Å². The molecule has 5 nitrogen and oxygen atoms in total. The molecule has 1 heterocycles. The summed E-state index contributed by atoms with van der Waals surface area (Å²) in [5, 5.41) is 11.7. The molecule has 0 radical (unpaired) electrons. The molecule has 2 rings (SSSR count). The molecule has 2 N–H and O–H groups in total. The largest absolute Gasteiger partial charge is 0.478 e. The molecule has 2 unspecified atom stereocenters. The second-order valence-electron chi connectivity index (χ2n) is 4.54. The zero-order valence-corrected chi connectivity index (χ0v) is 11.9. The number of hydrogen-bond acceptors (Lipinski definition) is 3. The lowest BCUT2D eigenvalue weighted by Gasteiger charge is -2.15. The highest BCUT2D eigenvalue weighted by Crippen LogP contribution is 2.24. The van der Waals surface area contributed by atoms with Gasteiger partial charge in [0, 0.05) is 11.1 Å². The Morgan fingerprint density at radius 1 is 1.47 bits per heavy atom. The SMILES string of the molecule is CC1CCOC1C(=O)Nc1ccc(Br)cc1C(=O)O. The topological polar surface area (TPSA) is 75.6 Å². The van der Waals surface area contributed by atoms with Crippen LogP contribution in [0.4, 0.5) is 5.69 Å². The highest BCUT2D eigenvalue weighted by atomic mass is 79.9. The van der Waals surface area contributed by atoms with Crippen molar-refractivity contribution >= 4 is 33.5 Å². The fourth-order valence-electron chi connectivity index (χ4n) is 2.04. The zero-order valence-electron chi connectivity index (χ0n) is 10.4. The molecule has 1 amide bonds. The van der Waals surface area contributed by atoms with Crippen LogP contribution in [0.25, 0.3) is 0 Å². The molecule has 102 valence electrons. The van der Waals surface area contributed by atoms with Crippen molar-refractivity contribution in [3.63, 3.8) is 0 Å². The average Bonchev–Trinajstić information content (AvgIpc) is 2.77. The summed E-state index contributed by atoms with van der Waals surface area (Å²) in [7, 11) is 0. The predicted octanol–water partition coefficient (Wildman–Crippen LogP) is 2.51. The molecule has 1 aliphatic heterocycles. The van der Waals surface area contributed by atoms with Crippen molar-refractivity contribution in [3.05, 3.63) is 28.2 Å². The molecule has 1 fully saturated rings. The van der Waals surface area contributed by atoms with E-state index in [1.54, 1.807) is 12.1 Å². The van der Waals surface area contributed by atoms with Crippen LogP contribution in [-0.4, -0.2) is 29.7 Å². The number of benzene rings is 1. The molecule has 0 aromatic heterocycles. The van der Waals surface area contributed by atoms with E-state index >= 15 is 0 Å². The standard InChI is InChI=1S/C13H14BrNO4/c1-7-4-5-19-11(7)12(16)15-10-3-2-8(14)6-9(10)13(17)18/h2-3,6-7,11H,4-5H2,1H3,(H,15,16)(H,17,18). The molecular formula is C13H14BrNO4. The number of carbonyl (C=O) groups excluding carboxylic acids is 1. The zero-order chi connectivity index (χ0) is 14.0. The second kappa shape index (κ2) is 5.71. The molecule has 0 saturated carbocycles. The lowest BCUT2D eigenvalue weighted by Crippen LogP contribution is -2.31. The average molecular weight is 328 g/mol. The number of aromatic carboxylic acids is 1. The van der Waals surface area contributed by atoms with E-state index in [1.165, 1.54) is 6.07 Å². The maximum Gasteiger partial charge on any atom is 0.337 e. The van der Waals surface area contributed by atoms with Gasteiger partial charge in [-0.05, 0) is 30.5 Å². The van der Waals surface area contributed by atoms with Gasteiger partial charge in [0.05, 0.1) is 11.3 Å². The minimum absolute atomic E-state index is 0.0494. The lowest BCUT2D eigenvalue weighted by molar-refractivity contribution is -0.126. The summed E-state index contributed by atoms with van der Waals surface area (Å²) in [4.78, 5) is 23.2. The number of rotatable bonds is 3. The summed E-state index contributed by atoms with van der Waals surface area (Å²) in [5.74, 6) is -1.24. The first kappa shape index (κ1) is 14.0. The van der Waals surface area contributed by atoms with E-state index in [1.807, 2.05) is 6.92 Å². The van der Waals surface area contributed by atoms with Crippen molar-refractivity contribution in [1.29, 1.82) is 0 Å². The summed E-state index contributed by atoms with van der Waals surface area (Å²) in [6.45, 7) is 2.50. The van der Waals surface area contributed by atoms with E-state index in [4.69, 9.17) is 9.84 Å². The number of carboxylic acids is 1. The highest BCUT2D eigenvalue weighted by molar-refractivity contribution is 9.10.